The largest absolute Gasteiger partial charge is 0.396 e. The molecular weight excluding hydrogens is 208 g/mol. The van der Waals surface area contributed by atoms with Gasteiger partial charge in [0.1, 0.15) is 0 Å². The first-order valence-electron chi connectivity index (χ1n) is 6.97. The quantitative estimate of drug-likeness (QED) is 0.838. The summed E-state index contributed by atoms with van der Waals surface area (Å²) in [5.41, 5.74) is 2.96. The van der Waals surface area contributed by atoms with Crippen LogP contribution in [-0.2, 0) is 12.8 Å². The Bertz CT molecular complexity index is 333. The number of rotatable bonds is 4. The maximum absolute atomic E-state index is 9.70. The fourth-order valence-electron chi connectivity index (χ4n) is 3.02. The Morgan fingerprint density at radius 3 is 2.12 bits per heavy atom. The molecule has 2 rings (SSSR count). The fraction of sp³-hybridized carbons (Fsp3) is 0.625. The molecule has 0 spiro atoms. The van der Waals surface area contributed by atoms with Crippen molar-refractivity contribution < 1.29 is 5.11 Å². The molecule has 1 N–H and O–H groups in total. The Balaban J connectivity index is 2.06. The second kappa shape index (κ2) is 5.68. The zero-order valence-corrected chi connectivity index (χ0v) is 10.9. The van der Waals surface area contributed by atoms with Crippen molar-refractivity contribution in [2.75, 3.05) is 6.61 Å². The minimum Gasteiger partial charge on any atom is -0.396 e. The zero-order chi connectivity index (χ0) is 12.1. The van der Waals surface area contributed by atoms with Crippen molar-refractivity contribution in [1.82, 2.24) is 0 Å². The van der Waals surface area contributed by atoms with Gasteiger partial charge in [0.15, 0.2) is 0 Å². The van der Waals surface area contributed by atoms with Gasteiger partial charge in [0.05, 0.1) is 0 Å². The summed E-state index contributed by atoms with van der Waals surface area (Å²) in [5, 5.41) is 9.70. The van der Waals surface area contributed by atoms with E-state index in [2.05, 4.69) is 31.2 Å². The van der Waals surface area contributed by atoms with Crippen LogP contribution in [0.1, 0.15) is 50.2 Å². The monoisotopic (exact) mass is 232 g/mol. The number of aliphatic hydroxyl groups excluding tert-OH is 1. The number of benzene rings is 1. The molecule has 0 heterocycles. The predicted molar refractivity (Wildman–Crippen MR) is 72.1 cm³/mol. The molecule has 1 heteroatoms. The van der Waals surface area contributed by atoms with Crippen LogP contribution in [0.4, 0.5) is 0 Å². The molecule has 1 aliphatic rings. The Morgan fingerprint density at radius 1 is 1.00 bits per heavy atom. The molecule has 0 amide bonds. The summed E-state index contributed by atoms with van der Waals surface area (Å²) in [4.78, 5) is 0. The molecule has 0 unspecified atom stereocenters. The van der Waals surface area contributed by atoms with Crippen molar-refractivity contribution >= 4 is 0 Å². The summed E-state index contributed by atoms with van der Waals surface area (Å²) < 4.78 is 0. The summed E-state index contributed by atoms with van der Waals surface area (Å²) in [6, 6.07) is 8.93. The van der Waals surface area contributed by atoms with Crippen molar-refractivity contribution in [3.8, 4) is 0 Å². The fourth-order valence-corrected chi connectivity index (χ4v) is 3.02. The van der Waals surface area contributed by atoms with Crippen LogP contribution in [-0.4, -0.2) is 11.7 Å². The SMILES string of the molecule is CCc1ccc(CC2(CO)CCCCC2)cc1. The number of aliphatic hydroxyl groups is 1. The van der Waals surface area contributed by atoms with Gasteiger partial charge in [-0.05, 0) is 42.2 Å². The molecule has 1 aromatic rings. The van der Waals surface area contributed by atoms with E-state index in [1.165, 1.54) is 43.2 Å². The van der Waals surface area contributed by atoms with E-state index in [0.29, 0.717) is 6.61 Å². The lowest BCUT2D eigenvalue weighted by atomic mass is 9.71. The van der Waals surface area contributed by atoms with Crippen LogP contribution in [0.25, 0.3) is 0 Å². The van der Waals surface area contributed by atoms with Gasteiger partial charge in [-0.2, -0.15) is 0 Å². The van der Waals surface area contributed by atoms with Crippen LogP contribution in [0.5, 0.6) is 0 Å². The van der Waals surface area contributed by atoms with Crippen LogP contribution in [0, 0.1) is 5.41 Å². The maximum atomic E-state index is 9.70. The van der Waals surface area contributed by atoms with E-state index in [9.17, 15) is 5.11 Å². The van der Waals surface area contributed by atoms with E-state index in [0.717, 1.165) is 12.8 Å². The second-order valence-corrected chi connectivity index (χ2v) is 5.57. The van der Waals surface area contributed by atoms with Gasteiger partial charge in [0.2, 0.25) is 0 Å². The number of hydrogen-bond acceptors (Lipinski definition) is 1. The molecular formula is C16H24O. The van der Waals surface area contributed by atoms with Gasteiger partial charge >= 0.3 is 0 Å². The standard InChI is InChI=1S/C16H24O/c1-2-14-6-8-15(9-7-14)12-16(13-17)10-4-3-5-11-16/h6-9,17H,2-5,10-13H2,1H3. The molecule has 17 heavy (non-hydrogen) atoms. The van der Waals surface area contributed by atoms with Gasteiger partial charge in [-0.1, -0.05) is 50.5 Å². The van der Waals surface area contributed by atoms with Crippen molar-refractivity contribution in [2.45, 2.75) is 51.9 Å². The summed E-state index contributed by atoms with van der Waals surface area (Å²) in [6.07, 6.45) is 8.45. The lowest BCUT2D eigenvalue weighted by Crippen LogP contribution is -2.30. The lowest BCUT2D eigenvalue weighted by Gasteiger charge is -2.35. The molecule has 0 radical (unpaired) electrons. The molecule has 1 fully saturated rings. The molecule has 0 saturated heterocycles. The molecule has 1 nitrogen and oxygen atoms in total. The van der Waals surface area contributed by atoms with Crippen LogP contribution in [0.2, 0.25) is 0 Å². The smallest absolute Gasteiger partial charge is 0.0490 e. The topological polar surface area (TPSA) is 20.2 Å². The third-order valence-electron chi connectivity index (χ3n) is 4.26. The van der Waals surface area contributed by atoms with E-state index < -0.39 is 0 Å². The van der Waals surface area contributed by atoms with E-state index in [1.807, 2.05) is 0 Å². The van der Waals surface area contributed by atoms with E-state index >= 15 is 0 Å². The molecule has 1 aliphatic carbocycles. The highest BCUT2D eigenvalue weighted by atomic mass is 16.3. The third kappa shape index (κ3) is 3.10. The van der Waals surface area contributed by atoms with E-state index in [1.54, 1.807) is 0 Å². The van der Waals surface area contributed by atoms with Crippen LogP contribution in [0.3, 0.4) is 0 Å². The molecule has 1 saturated carbocycles. The summed E-state index contributed by atoms with van der Waals surface area (Å²) >= 11 is 0. The molecule has 94 valence electrons. The van der Waals surface area contributed by atoms with Crippen LogP contribution < -0.4 is 0 Å². The molecule has 0 bridgehead atoms. The first-order valence-corrected chi connectivity index (χ1v) is 6.97. The zero-order valence-electron chi connectivity index (χ0n) is 10.9. The van der Waals surface area contributed by atoms with Crippen molar-refractivity contribution in [3.05, 3.63) is 35.4 Å². The molecule has 0 aromatic heterocycles. The lowest BCUT2D eigenvalue weighted by molar-refractivity contribution is 0.0823. The molecule has 0 aliphatic heterocycles. The average molecular weight is 232 g/mol. The van der Waals surface area contributed by atoms with Gasteiger partial charge < -0.3 is 5.11 Å². The highest BCUT2D eigenvalue weighted by molar-refractivity contribution is 5.23. The first kappa shape index (κ1) is 12.6. The number of hydrogen-bond donors (Lipinski definition) is 1. The molecule has 0 atom stereocenters. The van der Waals surface area contributed by atoms with E-state index in [-0.39, 0.29) is 5.41 Å². The van der Waals surface area contributed by atoms with Crippen molar-refractivity contribution in [2.24, 2.45) is 5.41 Å². The minimum atomic E-state index is 0.173. The normalized spacial score (nSPS) is 19.2. The third-order valence-corrected chi connectivity index (χ3v) is 4.26. The van der Waals surface area contributed by atoms with Gasteiger partial charge in [-0.3, -0.25) is 0 Å². The van der Waals surface area contributed by atoms with Crippen molar-refractivity contribution in [3.63, 3.8) is 0 Å². The summed E-state index contributed by atoms with van der Waals surface area (Å²) in [6.45, 7) is 2.54. The summed E-state index contributed by atoms with van der Waals surface area (Å²) in [7, 11) is 0. The summed E-state index contributed by atoms with van der Waals surface area (Å²) in [5.74, 6) is 0. The van der Waals surface area contributed by atoms with Gasteiger partial charge in [0, 0.05) is 6.61 Å². The maximum Gasteiger partial charge on any atom is 0.0490 e. The average Bonchev–Trinajstić information content (AvgIpc) is 2.41. The second-order valence-electron chi connectivity index (χ2n) is 5.57. The van der Waals surface area contributed by atoms with Gasteiger partial charge in [-0.25, -0.2) is 0 Å². The highest BCUT2D eigenvalue weighted by Gasteiger charge is 2.31. The molecule has 1 aromatic carbocycles. The Hall–Kier alpha value is -0.820. The van der Waals surface area contributed by atoms with Crippen LogP contribution in [0.15, 0.2) is 24.3 Å². The first-order chi connectivity index (χ1) is 8.28. The number of aryl methyl sites for hydroxylation is 1. The van der Waals surface area contributed by atoms with Gasteiger partial charge in [-0.15, -0.1) is 0 Å². The predicted octanol–water partition coefficient (Wildman–Crippen LogP) is 3.73. The Kier molecular flexibility index (Phi) is 4.22. The Labute approximate surface area is 105 Å². The van der Waals surface area contributed by atoms with E-state index in [4.69, 9.17) is 0 Å². The van der Waals surface area contributed by atoms with Gasteiger partial charge in [0.25, 0.3) is 0 Å². The van der Waals surface area contributed by atoms with Crippen LogP contribution >= 0.6 is 0 Å². The Morgan fingerprint density at radius 2 is 1.59 bits per heavy atom. The minimum absolute atomic E-state index is 0.173. The highest BCUT2D eigenvalue weighted by Crippen LogP contribution is 2.38. The van der Waals surface area contributed by atoms with Crippen molar-refractivity contribution in [1.29, 1.82) is 0 Å².